The van der Waals surface area contributed by atoms with Gasteiger partial charge in [0, 0.05) is 23.6 Å². The maximum Gasteiger partial charge on any atom is 0.357 e. The number of piperidine rings is 1. The molecule has 10 nitrogen and oxygen atoms in total. The molecule has 0 saturated carbocycles. The number of hydrogen-bond acceptors (Lipinski definition) is 9. The summed E-state index contributed by atoms with van der Waals surface area (Å²) in [6, 6.07) is 11.6. The van der Waals surface area contributed by atoms with Gasteiger partial charge in [0.15, 0.2) is 17.6 Å². The molecule has 0 unspecified atom stereocenters. The number of benzene rings is 2. The summed E-state index contributed by atoms with van der Waals surface area (Å²) < 4.78 is 17.6. The van der Waals surface area contributed by atoms with Crippen LogP contribution in [0.2, 0.25) is 0 Å². The van der Waals surface area contributed by atoms with Crippen LogP contribution in [0.25, 0.3) is 0 Å². The number of ether oxygens (including phenoxy) is 3. The predicted molar refractivity (Wildman–Crippen MR) is 142 cm³/mol. The Balaban J connectivity index is 0.00000323. The third-order valence-electron chi connectivity index (χ3n) is 8.68. The monoisotopic (exact) mass is 551 g/mol. The summed E-state index contributed by atoms with van der Waals surface area (Å²) in [6.45, 7) is 0.677. The maximum atomic E-state index is 13.5. The summed E-state index contributed by atoms with van der Waals surface area (Å²) in [5.74, 6) is -2.45. The molecule has 1 fully saturated rings. The van der Waals surface area contributed by atoms with Crippen molar-refractivity contribution in [2.45, 2.75) is 68.8 Å². The first-order chi connectivity index (χ1) is 18.7. The number of likely N-dealkylation sites (N-methyl/N-ethyl adjacent to an activating group) is 1. The average molecular weight is 552 g/mol. The largest absolute Gasteiger partial charge is 0.504 e. The predicted octanol–water partition coefficient (Wildman–Crippen LogP) is 3.00. The molecule has 5 atom stereocenters. The molecule has 2 aromatic carbocycles. The summed E-state index contributed by atoms with van der Waals surface area (Å²) >= 11 is 0. The molecular formula is C30H33NO9. The van der Waals surface area contributed by atoms with E-state index in [1.54, 1.807) is 42.5 Å². The maximum absolute atomic E-state index is 13.5. The highest BCUT2D eigenvalue weighted by Gasteiger charge is 2.72. The fraction of sp³-hybridized carbons (Fsp3) is 0.433. The van der Waals surface area contributed by atoms with Crippen LogP contribution in [0.3, 0.4) is 0 Å². The zero-order valence-corrected chi connectivity index (χ0v) is 21.3. The number of aliphatic hydroxyl groups is 1. The highest BCUT2D eigenvalue weighted by Crippen LogP contribution is 2.65. The second kappa shape index (κ2) is 9.94. The van der Waals surface area contributed by atoms with Gasteiger partial charge in [-0.15, -0.1) is 0 Å². The Morgan fingerprint density at radius 2 is 1.90 bits per heavy atom. The average Bonchev–Trinajstić information content (AvgIpc) is 3.28. The van der Waals surface area contributed by atoms with Crippen molar-refractivity contribution in [2.24, 2.45) is 0 Å². The van der Waals surface area contributed by atoms with Crippen molar-refractivity contribution >= 4 is 17.9 Å². The number of carbonyl (C=O) groups is 3. The number of phenolic OH excluding ortho intramolecular Hbond substituents is 1. The van der Waals surface area contributed by atoms with Gasteiger partial charge in [-0.3, -0.25) is 9.59 Å². The SMILES string of the molecule is C.CN1CC[C@]23c4c5ccc(O)c4O[C@H]2C(OC(=O)[C@@H](OC(=O)CCC(=O)O)c2ccccc2)=CC[C@@]3(O)[C@H]1C5. The quantitative estimate of drug-likeness (QED) is 0.440. The second-order valence-electron chi connectivity index (χ2n) is 10.7. The molecule has 212 valence electrons. The lowest BCUT2D eigenvalue weighted by atomic mass is 9.50. The van der Waals surface area contributed by atoms with E-state index in [0.29, 0.717) is 30.7 Å². The van der Waals surface area contributed by atoms with Gasteiger partial charge < -0.3 is 34.4 Å². The lowest BCUT2D eigenvalue weighted by molar-refractivity contribution is -0.176. The van der Waals surface area contributed by atoms with Crippen molar-refractivity contribution in [1.29, 1.82) is 0 Å². The normalized spacial score (nSPS) is 28.2. The summed E-state index contributed by atoms with van der Waals surface area (Å²) in [5, 5.41) is 31.8. The number of likely N-dealkylation sites (tertiary alicyclic amines) is 1. The van der Waals surface area contributed by atoms with Gasteiger partial charge >= 0.3 is 17.9 Å². The van der Waals surface area contributed by atoms with Crippen molar-refractivity contribution in [3.63, 3.8) is 0 Å². The van der Waals surface area contributed by atoms with E-state index >= 15 is 0 Å². The molecule has 0 aromatic heterocycles. The molecule has 1 spiro atoms. The number of carbonyl (C=O) groups excluding carboxylic acids is 2. The van der Waals surface area contributed by atoms with E-state index in [2.05, 4.69) is 4.90 Å². The second-order valence-corrected chi connectivity index (χ2v) is 10.7. The van der Waals surface area contributed by atoms with Gasteiger partial charge in [0.25, 0.3) is 0 Å². The van der Waals surface area contributed by atoms with Crippen LogP contribution in [-0.4, -0.2) is 69.5 Å². The minimum absolute atomic E-state index is 0. The summed E-state index contributed by atoms with van der Waals surface area (Å²) in [7, 11) is 1.98. The molecule has 2 aromatic rings. The number of hydrogen-bond donors (Lipinski definition) is 3. The number of aromatic hydroxyl groups is 1. The molecule has 40 heavy (non-hydrogen) atoms. The van der Waals surface area contributed by atoms with Crippen LogP contribution in [0.1, 0.15) is 55.9 Å². The van der Waals surface area contributed by atoms with Crippen molar-refractivity contribution in [3.8, 4) is 11.5 Å². The van der Waals surface area contributed by atoms with Gasteiger partial charge in [0.2, 0.25) is 6.10 Å². The Labute approximate surface area is 231 Å². The number of carboxylic acids is 1. The van der Waals surface area contributed by atoms with Gasteiger partial charge in [-0.2, -0.15) is 0 Å². The topological polar surface area (TPSA) is 143 Å². The van der Waals surface area contributed by atoms with E-state index in [-0.39, 0.29) is 31.4 Å². The number of esters is 2. The summed E-state index contributed by atoms with van der Waals surface area (Å²) in [5.41, 5.74) is -0.0371. The van der Waals surface area contributed by atoms with Gasteiger partial charge in [-0.05, 0) is 44.1 Å². The Hall–Kier alpha value is -3.89. The van der Waals surface area contributed by atoms with Crippen molar-refractivity contribution in [1.82, 2.24) is 4.90 Å². The molecule has 6 rings (SSSR count). The van der Waals surface area contributed by atoms with Crippen molar-refractivity contribution in [2.75, 3.05) is 13.6 Å². The van der Waals surface area contributed by atoms with E-state index in [4.69, 9.17) is 19.3 Å². The Morgan fingerprint density at radius 3 is 2.62 bits per heavy atom. The lowest BCUT2D eigenvalue weighted by Crippen LogP contribution is -2.74. The van der Waals surface area contributed by atoms with Crippen LogP contribution in [0.4, 0.5) is 0 Å². The molecular weight excluding hydrogens is 518 g/mol. The Morgan fingerprint density at radius 1 is 1.15 bits per heavy atom. The smallest absolute Gasteiger partial charge is 0.357 e. The highest BCUT2D eigenvalue weighted by molar-refractivity contribution is 5.83. The van der Waals surface area contributed by atoms with Crippen LogP contribution in [0.15, 0.2) is 54.3 Å². The van der Waals surface area contributed by atoms with Crippen LogP contribution in [0, 0.1) is 0 Å². The number of aliphatic carboxylic acids is 1. The summed E-state index contributed by atoms with van der Waals surface area (Å²) in [6.07, 6.45) is -0.179. The standard InChI is InChI=1S/C29H29NO9.CH4/c1-30-14-13-28-23-17-7-8-18(31)25(23)39-26(28)19(11-12-29(28,36)20(30)15-17)37-27(35)24(16-5-3-2-4-6-16)38-22(34)10-9-21(32)33;/h2-8,11,20,24,26,31,36H,9-10,12-15H2,1H3,(H,32,33);1H4/t20-,24+,26+,28+,29-;/m1./s1. The number of phenols is 1. The fourth-order valence-electron chi connectivity index (χ4n) is 6.89. The number of nitrogens with zero attached hydrogens (tertiary/aromatic N) is 1. The first kappa shape index (κ1) is 27.7. The van der Waals surface area contributed by atoms with E-state index in [9.17, 15) is 24.6 Å². The molecule has 10 heteroatoms. The first-order valence-corrected chi connectivity index (χ1v) is 13.0. The van der Waals surface area contributed by atoms with E-state index in [1.165, 1.54) is 0 Å². The number of carboxylic acid groups (broad SMARTS) is 1. The molecule has 2 bridgehead atoms. The zero-order valence-electron chi connectivity index (χ0n) is 21.3. The van der Waals surface area contributed by atoms with Gasteiger partial charge in [0.1, 0.15) is 5.76 Å². The molecule has 2 aliphatic carbocycles. The van der Waals surface area contributed by atoms with E-state index in [1.807, 2.05) is 13.1 Å². The summed E-state index contributed by atoms with van der Waals surface area (Å²) in [4.78, 5) is 39.0. The zero-order chi connectivity index (χ0) is 27.5. The van der Waals surface area contributed by atoms with E-state index < -0.39 is 54.0 Å². The lowest BCUT2D eigenvalue weighted by Gasteiger charge is -2.61. The van der Waals surface area contributed by atoms with Crippen LogP contribution in [0.5, 0.6) is 11.5 Å². The molecule has 2 heterocycles. The Bertz CT molecular complexity index is 1390. The molecule has 3 N–H and O–H groups in total. The van der Waals surface area contributed by atoms with Crippen molar-refractivity contribution in [3.05, 3.63) is 71.0 Å². The first-order valence-electron chi connectivity index (χ1n) is 13.0. The molecule has 0 radical (unpaired) electrons. The van der Waals surface area contributed by atoms with Gasteiger partial charge in [-0.25, -0.2) is 4.79 Å². The van der Waals surface area contributed by atoms with E-state index in [0.717, 1.165) is 11.1 Å². The molecule has 0 amide bonds. The minimum Gasteiger partial charge on any atom is -0.504 e. The molecule has 2 aliphatic heterocycles. The molecule has 1 saturated heterocycles. The van der Waals surface area contributed by atoms with Crippen molar-refractivity contribution < 1.29 is 43.9 Å². The third kappa shape index (κ3) is 3.97. The number of rotatable bonds is 7. The highest BCUT2D eigenvalue weighted by atomic mass is 16.6. The van der Waals surface area contributed by atoms with Crippen LogP contribution < -0.4 is 4.74 Å². The van der Waals surface area contributed by atoms with Gasteiger partial charge in [0.05, 0.1) is 23.9 Å². The van der Waals surface area contributed by atoms with Gasteiger partial charge in [-0.1, -0.05) is 43.8 Å². The molecule has 4 aliphatic rings. The third-order valence-corrected chi connectivity index (χ3v) is 8.68. The Kier molecular flexibility index (Phi) is 6.87. The minimum atomic E-state index is -1.43. The fourth-order valence-corrected chi connectivity index (χ4v) is 6.89. The van der Waals surface area contributed by atoms with Crippen LogP contribution in [-0.2, 0) is 35.7 Å². The van der Waals surface area contributed by atoms with Crippen LogP contribution >= 0.6 is 0 Å².